The van der Waals surface area contributed by atoms with Crippen molar-refractivity contribution in [2.45, 2.75) is 83.0 Å². The van der Waals surface area contributed by atoms with E-state index in [0.717, 1.165) is 24.1 Å². The Balaban J connectivity index is 1.56. The molecule has 2 amide bonds. The van der Waals surface area contributed by atoms with Gasteiger partial charge in [0.25, 0.3) is 0 Å². The lowest BCUT2D eigenvalue weighted by atomic mass is 9.77. The lowest BCUT2D eigenvalue weighted by molar-refractivity contribution is -0.158. The first-order valence-electron chi connectivity index (χ1n) is 11.7. The molecule has 5 rings (SSSR count). The Hall–Kier alpha value is -2.34. The minimum Gasteiger partial charge on any atom is -0.373 e. The lowest BCUT2D eigenvalue weighted by Gasteiger charge is -2.49. The Morgan fingerprint density at radius 2 is 1.84 bits per heavy atom. The predicted molar refractivity (Wildman–Crippen MR) is 120 cm³/mol. The van der Waals surface area contributed by atoms with E-state index in [1.807, 2.05) is 37.8 Å². The van der Waals surface area contributed by atoms with Crippen LogP contribution in [-0.2, 0) is 20.7 Å². The van der Waals surface area contributed by atoms with Crippen LogP contribution in [0.25, 0.3) is 10.9 Å². The third-order valence-electron chi connectivity index (χ3n) is 7.13. The fourth-order valence-corrected chi connectivity index (χ4v) is 5.70. The normalized spacial score (nSPS) is 27.2. The summed E-state index contributed by atoms with van der Waals surface area (Å²) in [6.45, 7) is 6.10. The van der Waals surface area contributed by atoms with Crippen LogP contribution >= 0.6 is 0 Å². The maximum atomic E-state index is 13.7. The summed E-state index contributed by atoms with van der Waals surface area (Å²) in [7, 11) is 0. The van der Waals surface area contributed by atoms with Gasteiger partial charge in [0.05, 0.1) is 18.2 Å². The average molecular weight is 424 g/mol. The SMILES string of the molecule is CC(C)(C)OCC1NC(=O)[C@@H]2Cc3c([nH]c4ccccc34)C(C3CCCCC3)N2C1=O. The van der Waals surface area contributed by atoms with Crippen molar-refractivity contribution in [3.63, 3.8) is 0 Å². The molecule has 2 N–H and O–H groups in total. The second kappa shape index (κ2) is 7.66. The molecule has 3 atom stereocenters. The maximum absolute atomic E-state index is 13.7. The van der Waals surface area contributed by atoms with E-state index in [9.17, 15) is 9.59 Å². The molecule has 0 bridgehead atoms. The van der Waals surface area contributed by atoms with Crippen molar-refractivity contribution in [2.75, 3.05) is 6.61 Å². The van der Waals surface area contributed by atoms with Gasteiger partial charge in [0.15, 0.2) is 0 Å². The van der Waals surface area contributed by atoms with Gasteiger partial charge in [0, 0.05) is 23.0 Å². The molecule has 0 spiro atoms. The van der Waals surface area contributed by atoms with E-state index in [1.54, 1.807) is 0 Å². The highest BCUT2D eigenvalue weighted by molar-refractivity contribution is 5.99. The van der Waals surface area contributed by atoms with E-state index >= 15 is 0 Å². The third-order valence-corrected chi connectivity index (χ3v) is 7.13. The topological polar surface area (TPSA) is 74.4 Å². The molecule has 166 valence electrons. The molecule has 3 aliphatic rings. The van der Waals surface area contributed by atoms with Crippen LogP contribution in [-0.4, -0.2) is 46.0 Å². The van der Waals surface area contributed by atoms with Crippen molar-refractivity contribution in [3.05, 3.63) is 35.5 Å². The molecule has 1 saturated carbocycles. The summed E-state index contributed by atoms with van der Waals surface area (Å²) in [5, 5.41) is 4.14. The zero-order valence-corrected chi connectivity index (χ0v) is 18.7. The molecule has 1 aromatic carbocycles. The molecular weight excluding hydrogens is 390 g/mol. The van der Waals surface area contributed by atoms with Crippen molar-refractivity contribution in [1.29, 1.82) is 0 Å². The number of nitrogens with zero attached hydrogens (tertiary/aromatic N) is 1. The van der Waals surface area contributed by atoms with Crippen LogP contribution in [0.2, 0.25) is 0 Å². The molecule has 6 nitrogen and oxygen atoms in total. The number of H-pyrrole nitrogens is 1. The highest BCUT2D eigenvalue weighted by Gasteiger charge is 2.50. The standard InChI is InChI=1S/C25H33N3O3/c1-25(2,3)31-14-19-24(30)28-20(23(29)27-19)13-17-16-11-7-8-12-18(16)26-21(17)22(28)15-9-5-4-6-10-15/h7-8,11-12,15,19-20,22,26H,4-6,9-10,13-14H2,1-3H3,(H,27,29)/t19?,20-,22?/m0/s1. The van der Waals surface area contributed by atoms with Crippen LogP contribution in [0.1, 0.15) is 70.2 Å². The number of piperazine rings is 1. The van der Waals surface area contributed by atoms with E-state index in [1.165, 1.54) is 30.2 Å². The smallest absolute Gasteiger partial charge is 0.248 e. The summed E-state index contributed by atoms with van der Waals surface area (Å²) < 4.78 is 5.90. The van der Waals surface area contributed by atoms with Gasteiger partial charge in [-0.05, 0) is 51.2 Å². The largest absolute Gasteiger partial charge is 0.373 e. The maximum Gasteiger partial charge on any atom is 0.248 e. The van der Waals surface area contributed by atoms with Gasteiger partial charge in [0.1, 0.15) is 12.1 Å². The van der Waals surface area contributed by atoms with Gasteiger partial charge < -0.3 is 19.9 Å². The molecule has 0 radical (unpaired) electrons. The lowest BCUT2D eigenvalue weighted by Crippen LogP contribution is -2.67. The number of nitrogens with one attached hydrogen (secondary N) is 2. The van der Waals surface area contributed by atoms with Crippen molar-refractivity contribution >= 4 is 22.7 Å². The van der Waals surface area contributed by atoms with Crippen molar-refractivity contribution < 1.29 is 14.3 Å². The molecule has 1 aliphatic carbocycles. The van der Waals surface area contributed by atoms with E-state index in [0.29, 0.717) is 12.3 Å². The van der Waals surface area contributed by atoms with Crippen molar-refractivity contribution in [1.82, 2.24) is 15.2 Å². The van der Waals surface area contributed by atoms with Crippen LogP contribution in [0, 0.1) is 5.92 Å². The van der Waals surface area contributed by atoms with Gasteiger partial charge in [-0.1, -0.05) is 37.5 Å². The van der Waals surface area contributed by atoms with Crippen LogP contribution in [0.3, 0.4) is 0 Å². The fraction of sp³-hybridized carbons (Fsp3) is 0.600. The number of amides is 2. The molecule has 6 heteroatoms. The van der Waals surface area contributed by atoms with Crippen LogP contribution < -0.4 is 5.32 Å². The number of aromatic nitrogens is 1. The number of ether oxygens (including phenoxy) is 1. The Labute approximate surface area is 183 Å². The Morgan fingerprint density at radius 3 is 2.58 bits per heavy atom. The Morgan fingerprint density at radius 1 is 1.10 bits per heavy atom. The minimum absolute atomic E-state index is 0.00581. The predicted octanol–water partition coefficient (Wildman–Crippen LogP) is 3.86. The second-order valence-corrected chi connectivity index (χ2v) is 10.4. The Kier molecular flexibility index (Phi) is 5.08. The molecule has 2 aliphatic heterocycles. The number of hydrogen-bond acceptors (Lipinski definition) is 3. The second-order valence-electron chi connectivity index (χ2n) is 10.4. The van der Waals surface area contributed by atoms with Gasteiger partial charge >= 0.3 is 0 Å². The van der Waals surface area contributed by atoms with Gasteiger partial charge in [-0.3, -0.25) is 9.59 Å². The van der Waals surface area contributed by atoms with Crippen molar-refractivity contribution in [3.8, 4) is 0 Å². The summed E-state index contributed by atoms with van der Waals surface area (Å²) >= 11 is 0. The highest BCUT2D eigenvalue weighted by Crippen LogP contribution is 2.46. The summed E-state index contributed by atoms with van der Waals surface area (Å²) in [4.78, 5) is 32.5. The number of carbonyl (C=O) groups is 2. The molecule has 1 saturated heterocycles. The quantitative estimate of drug-likeness (QED) is 0.787. The monoisotopic (exact) mass is 423 g/mol. The highest BCUT2D eigenvalue weighted by atomic mass is 16.5. The molecule has 2 aromatic rings. The first kappa shape index (κ1) is 20.6. The van der Waals surface area contributed by atoms with Crippen LogP contribution in [0.4, 0.5) is 0 Å². The zero-order valence-electron chi connectivity index (χ0n) is 18.7. The summed E-state index contributed by atoms with van der Waals surface area (Å²) in [5.74, 6) is 0.315. The van der Waals surface area contributed by atoms with Gasteiger partial charge in [-0.15, -0.1) is 0 Å². The van der Waals surface area contributed by atoms with Gasteiger partial charge in [-0.25, -0.2) is 0 Å². The average Bonchev–Trinajstić information content (AvgIpc) is 3.12. The molecule has 2 fully saturated rings. The molecule has 31 heavy (non-hydrogen) atoms. The fourth-order valence-electron chi connectivity index (χ4n) is 5.70. The third kappa shape index (κ3) is 3.65. The van der Waals surface area contributed by atoms with E-state index in [-0.39, 0.29) is 30.1 Å². The van der Waals surface area contributed by atoms with Gasteiger partial charge in [0.2, 0.25) is 11.8 Å². The summed E-state index contributed by atoms with van der Waals surface area (Å²) in [5.41, 5.74) is 3.08. The van der Waals surface area contributed by atoms with E-state index < -0.39 is 12.1 Å². The summed E-state index contributed by atoms with van der Waals surface area (Å²) in [6, 6.07) is 7.15. The minimum atomic E-state index is -0.625. The van der Waals surface area contributed by atoms with Crippen LogP contribution in [0.5, 0.6) is 0 Å². The van der Waals surface area contributed by atoms with Crippen molar-refractivity contribution in [2.24, 2.45) is 5.92 Å². The summed E-state index contributed by atoms with van der Waals surface area (Å²) in [6.07, 6.45) is 6.38. The van der Waals surface area contributed by atoms with E-state index in [4.69, 9.17) is 4.74 Å². The number of rotatable bonds is 3. The van der Waals surface area contributed by atoms with Gasteiger partial charge in [-0.2, -0.15) is 0 Å². The Bertz CT molecular complexity index is 999. The number of carbonyl (C=O) groups excluding carboxylic acids is 2. The first-order valence-corrected chi connectivity index (χ1v) is 11.7. The number of para-hydroxylation sites is 1. The molecular formula is C25H33N3O3. The number of aromatic amines is 1. The van der Waals surface area contributed by atoms with E-state index in [2.05, 4.69) is 22.4 Å². The molecule has 1 aromatic heterocycles. The number of hydrogen-bond donors (Lipinski definition) is 2. The molecule has 3 heterocycles. The zero-order chi connectivity index (χ0) is 21.8. The first-order chi connectivity index (χ1) is 14.8. The molecule has 2 unspecified atom stereocenters. The van der Waals surface area contributed by atoms with Crippen LogP contribution in [0.15, 0.2) is 24.3 Å². The number of fused-ring (bicyclic) bond motifs is 4. The number of benzene rings is 1.